The molecular formula is C27H22N4O4S. The number of ether oxygens (including phenoxy) is 2. The summed E-state index contributed by atoms with van der Waals surface area (Å²) in [6.45, 7) is 4.14. The van der Waals surface area contributed by atoms with Gasteiger partial charge in [0.2, 0.25) is 12.7 Å². The van der Waals surface area contributed by atoms with E-state index in [0.29, 0.717) is 39.1 Å². The molecule has 2 aromatic heterocycles. The minimum atomic E-state index is -0.223. The molecule has 9 heteroatoms. The first kappa shape index (κ1) is 22.2. The molecule has 1 amide bonds. The van der Waals surface area contributed by atoms with Gasteiger partial charge in [0.05, 0.1) is 11.4 Å². The average Bonchev–Trinajstić information content (AvgIpc) is 3.46. The summed E-state index contributed by atoms with van der Waals surface area (Å²) in [6.07, 6.45) is 0. The Hall–Kier alpha value is -4.24. The second kappa shape index (κ2) is 8.76. The number of nitrogens with zero attached hydrogens (tertiary/aromatic N) is 2. The van der Waals surface area contributed by atoms with Crippen LogP contribution in [0.5, 0.6) is 11.5 Å². The summed E-state index contributed by atoms with van der Waals surface area (Å²) in [5.41, 5.74) is 5.04. The summed E-state index contributed by atoms with van der Waals surface area (Å²) in [6, 6.07) is 18.9. The number of aromatic amines is 1. The maximum atomic E-state index is 13.7. The molecule has 0 bridgehead atoms. The Morgan fingerprint density at radius 2 is 1.83 bits per heavy atom. The van der Waals surface area contributed by atoms with E-state index in [1.807, 2.05) is 50.2 Å². The Labute approximate surface area is 210 Å². The number of rotatable bonds is 5. The van der Waals surface area contributed by atoms with E-state index >= 15 is 0 Å². The van der Waals surface area contributed by atoms with Crippen LogP contribution in [0.2, 0.25) is 0 Å². The highest BCUT2D eigenvalue weighted by atomic mass is 32.2. The van der Waals surface area contributed by atoms with Crippen molar-refractivity contribution in [3.8, 4) is 17.2 Å². The predicted molar refractivity (Wildman–Crippen MR) is 141 cm³/mol. The number of carbonyl (C=O) groups excluding carboxylic acids is 1. The van der Waals surface area contributed by atoms with E-state index in [1.54, 1.807) is 22.8 Å². The number of aryl methyl sites for hydroxylation is 2. The van der Waals surface area contributed by atoms with Crippen molar-refractivity contribution in [3.63, 3.8) is 0 Å². The summed E-state index contributed by atoms with van der Waals surface area (Å²) in [5, 5.41) is 4.19. The first-order valence-corrected chi connectivity index (χ1v) is 12.4. The number of aromatic nitrogens is 3. The van der Waals surface area contributed by atoms with Crippen molar-refractivity contribution in [2.24, 2.45) is 0 Å². The molecule has 0 atom stereocenters. The molecule has 3 heterocycles. The minimum Gasteiger partial charge on any atom is -0.454 e. The zero-order chi connectivity index (χ0) is 24.8. The van der Waals surface area contributed by atoms with Crippen LogP contribution in [-0.2, 0) is 4.79 Å². The lowest BCUT2D eigenvalue weighted by Crippen LogP contribution is -2.23. The van der Waals surface area contributed by atoms with Crippen LogP contribution in [0.1, 0.15) is 11.1 Å². The smallest absolute Gasteiger partial charge is 0.283 e. The normalized spacial score (nSPS) is 12.4. The van der Waals surface area contributed by atoms with Gasteiger partial charge >= 0.3 is 0 Å². The topological polar surface area (TPSA) is 98.2 Å². The van der Waals surface area contributed by atoms with Crippen LogP contribution in [0, 0.1) is 13.8 Å². The van der Waals surface area contributed by atoms with Gasteiger partial charge in [0.1, 0.15) is 11.0 Å². The summed E-state index contributed by atoms with van der Waals surface area (Å²) in [5.74, 6) is 1.09. The number of thioether (sulfide) groups is 1. The van der Waals surface area contributed by atoms with Gasteiger partial charge in [-0.3, -0.25) is 14.2 Å². The number of H-pyrrole nitrogens is 1. The van der Waals surface area contributed by atoms with Crippen LogP contribution in [0.3, 0.4) is 0 Å². The molecule has 3 aromatic carbocycles. The molecule has 36 heavy (non-hydrogen) atoms. The van der Waals surface area contributed by atoms with Gasteiger partial charge in [0.15, 0.2) is 16.7 Å². The van der Waals surface area contributed by atoms with Gasteiger partial charge in [-0.2, -0.15) is 0 Å². The summed E-state index contributed by atoms with van der Waals surface area (Å²) in [7, 11) is 0. The molecule has 6 rings (SSSR count). The Bertz CT molecular complexity index is 1700. The second-order valence-electron chi connectivity index (χ2n) is 8.68. The quantitative estimate of drug-likeness (QED) is 0.263. The first-order valence-electron chi connectivity index (χ1n) is 11.4. The van der Waals surface area contributed by atoms with Gasteiger partial charge in [-0.15, -0.1) is 0 Å². The third kappa shape index (κ3) is 3.97. The molecule has 8 nitrogen and oxygen atoms in total. The Kier molecular flexibility index (Phi) is 5.41. The number of nitrogens with one attached hydrogen (secondary N) is 2. The van der Waals surface area contributed by atoms with Crippen LogP contribution in [0.15, 0.2) is 70.6 Å². The zero-order valence-electron chi connectivity index (χ0n) is 19.6. The second-order valence-corrected chi connectivity index (χ2v) is 9.62. The highest BCUT2D eigenvalue weighted by molar-refractivity contribution is 7.99. The van der Waals surface area contributed by atoms with Crippen molar-refractivity contribution in [1.29, 1.82) is 0 Å². The molecule has 0 spiro atoms. The fourth-order valence-corrected chi connectivity index (χ4v) is 5.25. The van der Waals surface area contributed by atoms with Crippen molar-refractivity contribution < 1.29 is 14.3 Å². The summed E-state index contributed by atoms with van der Waals surface area (Å²) in [4.78, 5) is 34.7. The lowest BCUT2D eigenvalue weighted by atomic mass is 10.1. The maximum Gasteiger partial charge on any atom is 0.283 e. The lowest BCUT2D eigenvalue weighted by molar-refractivity contribution is -0.113. The van der Waals surface area contributed by atoms with Gasteiger partial charge in [-0.1, -0.05) is 36.0 Å². The Balaban J connectivity index is 1.38. The van der Waals surface area contributed by atoms with E-state index in [4.69, 9.17) is 14.5 Å². The molecule has 1 aliphatic heterocycles. The molecule has 1 aliphatic rings. The van der Waals surface area contributed by atoms with Crippen LogP contribution in [-0.4, -0.2) is 33.0 Å². The van der Waals surface area contributed by atoms with E-state index in [-0.39, 0.29) is 24.0 Å². The van der Waals surface area contributed by atoms with Gasteiger partial charge in [0.25, 0.3) is 5.56 Å². The van der Waals surface area contributed by atoms with E-state index in [2.05, 4.69) is 16.4 Å². The van der Waals surface area contributed by atoms with Gasteiger partial charge in [0, 0.05) is 22.7 Å². The number of anilines is 1. The third-order valence-corrected chi connectivity index (χ3v) is 6.89. The standard InChI is InChI=1S/C27H22N4O4S/c1-15-9-16(2)11-18(10-15)31-26(33)25-24(19-5-3-4-6-20(19)29-25)30-27(31)36-13-23(32)28-17-7-8-21-22(12-17)35-14-34-21/h3-12,29H,13-14H2,1-2H3,(H,28,32). The number of hydrogen-bond acceptors (Lipinski definition) is 6. The lowest BCUT2D eigenvalue weighted by Gasteiger charge is -2.14. The summed E-state index contributed by atoms with van der Waals surface area (Å²) < 4.78 is 12.3. The van der Waals surface area contributed by atoms with Gasteiger partial charge < -0.3 is 19.8 Å². The third-order valence-electron chi connectivity index (χ3n) is 5.95. The number of para-hydroxylation sites is 1. The molecule has 180 valence electrons. The highest BCUT2D eigenvalue weighted by Gasteiger charge is 2.19. The summed E-state index contributed by atoms with van der Waals surface area (Å²) >= 11 is 1.22. The van der Waals surface area contributed by atoms with Crippen molar-refractivity contribution in [3.05, 3.63) is 82.1 Å². The fraction of sp³-hybridized carbons (Fsp3) is 0.148. The number of carbonyl (C=O) groups is 1. The molecule has 0 unspecified atom stereocenters. The highest BCUT2D eigenvalue weighted by Crippen LogP contribution is 2.34. The number of benzene rings is 3. The van der Waals surface area contributed by atoms with E-state index in [1.165, 1.54) is 11.8 Å². The molecule has 0 saturated heterocycles. The van der Waals surface area contributed by atoms with Crippen LogP contribution < -0.4 is 20.3 Å². The maximum absolute atomic E-state index is 13.7. The predicted octanol–water partition coefficient (Wildman–Crippen LogP) is 4.94. The van der Waals surface area contributed by atoms with Crippen LogP contribution in [0.4, 0.5) is 5.69 Å². The minimum absolute atomic E-state index is 0.0690. The van der Waals surface area contributed by atoms with Crippen LogP contribution >= 0.6 is 11.8 Å². The molecule has 2 N–H and O–H groups in total. The molecule has 0 saturated carbocycles. The molecule has 0 aliphatic carbocycles. The Morgan fingerprint density at radius 3 is 2.67 bits per heavy atom. The van der Waals surface area contributed by atoms with Gasteiger partial charge in [-0.05, 0) is 55.3 Å². The largest absolute Gasteiger partial charge is 0.454 e. The zero-order valence-corrected chi connectivity index (χ0v) is 20.4. The van der Waals surface area contributed by atoms with Crippen molar-refractivity contribution >= 4 is 45.3 Å². The average molecular weight is 499 g/mol. The monoisotopic (exact) mass is 498 g/mol. The van der Waals surface area contributed by atoms with Crippen molar-refractivity contribution in [2.45, 2.75) is 19.0 Å². The van der Waals surface area contributed by atoms with Crippen molar-refractivity contribution in [1.82, 2.24) is 14.5 Å². The van der Waals surface area contributed by atoms with E-state index in [0.717, 1.165) is 22.0 Å². The first-order chi connectivity index (χ1) is 17.5. The molecule has 5 aromatic rings. The molecule has 0 fully saturated rings. The number of fused-ring (bicyclic) bond motifs is 4. The number of amides is 1. The SMILES string of the molecule is Cc1cc(C)cc(-n2c(SCC(=O)Nc3ccc4c(c3)OCO4)nc3c([nH]c4ccccc43)c2=O)c1. The Morgan fingerprint density at radius 1 is 1.06 bits per heavy atom. The molecular weight excluding hydrogens is 476 g/mol. The van der Waals surface area contributed by atoms with Crippen LogP contribution in [0.25, 0.3) is 27.6 Å². The fourth-order valence-electron chi connectivity index (χ4n) is 4.45. The molecule has 0 radical (unpaired) electrons. The van der Waals surface area contributed by atoms with Crippen molar-refractivity contribution in [2.75, 3.05) is 17.9 Å². The van der Waals surface area contributed by atoms with E-state index < -0.39 is 0 Å². The van der Waals surface area contributed by atoms with E-state index in [9.17, 15) is 9.59 Å². The number of hydrogen-bond donors (Lipinski definition) is 2. The van der Waals surface area contributed by atoms with Gasteiger partial charge in [-0.25, -0.2) is 4.98 Å².